The molecule has 0 aromatic carbocycles. The second kappa shape index (κ2) is 30.7. The lowest BCUT2D eigenvalue weighted by molar-refractivity contribution is -0.870. The first-order valence-corrected chi connectivity index (χ1v) is 25.2. The molecule has 4 N–H and O–H groups in total. The van der Waals surface area contributed by atoms with Crippen molar-refractivity contribution < 1.29 is 61.8 Å². The van der Waals surface area contributed by atoms with Crippen LogP contribution >= 0.6 is 7.82 Å². The summed E-state index contributed by atoms with van der Waals surface area (Å²) in [5, 5.41) is 31.4. The number of phosphoric ester groups is 1. The normalized spacial score (nSPS) is 20.2. The minimum Gasteiger partial charge on any atom is -0.466 e. The molecule has 13 nitrogen and oxygen atoms in total. The second-order valence-electron chi connectivity index (χ2n) is 18.4. The number of likely N-dealkylation sites (N-methyl/N-ethyl adjacent to an activating group) is 1. The van der Waals surface area contributed by atoms with Crippen molar-refractivity contribution in [3.63, 3.8) is 0 Å². The molecule has 1 aromatic rings. The van der Waals surface area contributed by atoms with Crippen molar-refractivity contribution in [1.29, 1.82) is 0 Å². The van der Waals surface area contributed by atoms with Gasteiger partial charge < -0.3 is 38.6 Å². The standard InChI is InChI=1S/C48H84NO12P/c1-8-10-18-24-39(50)30-31-42-41(43(51)34-44(42)52)25-22-23-28-47(53)57-35-40(36-59-62(55,56)58-33-32-49(5,6)7)60-48(54)29-21-17-15-13-12-14-16-20-27-46-38(4)37(3)45(61-46)26-19-11-9-2/h22-23,30-31,39-44,50-52H,8-21,24-29,32-36H2,1-7H3/p+1/b23-22-,31-30+/t39-,40-,41+,42-,43+,44-/m1/s1. The summed E-state index contributed by atoms with van der Waals surface area (Å²) in [6, 6.07) is 0. The van der Waals surface area contributed by atoms with Crippen molar-refractivity contribution in [3.05, 3.63) is 47.0 Å². The average molecular weight is 899 g/mol. The molecule has 14 heteroatoms. The number of unbranched alkanes of at least 4 members (excludes halogenated alkanes) is 11. The van der Waals surface area contributed by atoms with Crippen LogP contribution in [0, 0.1) is 25.7 Å². The molecule has 0 amide bonds. The summed E-state index contributed by atoms with van der Waals surface area (Å²) in [5.74, 6) is 0.576. The van der Waals surface area contributed by atoms with E-state index in [2.05, 4.69) is 27.7 Å². The molecular weight excluding hydrogens is 813 g/mol. The number of rotatable bonds is 35. The Labute approximate surface area is 373 Å². The van der Waals surface area contributed by atoms with Gasteiger partial charge in [-0.2, -0.15) is 0 Å². The van der Waals surface area contributed by atoms with Crippen LogP contribution in [0.15, 0.2) is 28.7 Å². The summed E-state index contributed by atoms with van der Waals surface area (Å²) < 4.78 is 40.5. The number of furan rings is 1. The molecule has 7 atom stereocenters. The Morgan fingerprint density at radius 3 is 2.03 bits per heavy atom. The Morgan fingerprint density at radius 1 is 0.806 bits per heavy atom. The maximum absolute atomic E-state index is 12.8. The Morgan fingerprint density at radius 2 is 1.40 bits per heavy atom. The van der Waals surface area contributed by atoms with Gasteiger partial charge in [0.1, 0.15) is 31.3 Å². The van der Waals surface area contributed by atoms with Gasteiger partial charge in [-0.25, -0.2) is 4.57 Å². The predicted molar refractivity (Wildman–Crippen MR) is 243 cm³/mol. The number of ether oxygens (including phenoxy) is 2. The summed E-state index contributed by atoms with van der Waals surface area (Å²) in [5.41, 5.74) is 2.62. The number of allylic oxidation sites excluding steroid dienone is 1. The van der Waals surface area contributed by atoms with E-state index in [0.717, 1.165) is 88.6 Å². The molecule has 0 radical (unpaired) electrons. The van der Waals surface area contributed by atoms with Crippen LogP contribution in [0.25, 0.3) is 0 Å². The highest BCUT2D eigenvalue weighted by Gasteiger charge is 2.39. The number of carbonyl (C=O) groups excluding carboxylic acids is 2. The maximum Gasteiger partial charge on any atom is 0.472 e. The summed E-state index contributed by atoms with van der Waals surface area (Å²) >= 11 is 0. The molecule has 0 saturated heterocycles. The van der Waals surface area contributed by atoms with Crippen LogP contribution in [0.3, 0.4) is 0 Å². The van der Waals surface area contributed by atoms with Crippen LogP contribution in [-0.2, 0) is 45.5 Å². The number of aliphatic hydroxyl groups excluding tert-OH is 3. The van der Waals surface area contributed by atoms with Crippen LogP contribution in [-0.4, -0.2) is 109 Å². The Balaban J connectivity index is 1.78. The monoisotopic (exact) mass is 899 g/mol. The highest BCUT2D eigenvalue weighted by atomic mass is 31.2. The fourth-order valence-electron chi connectivity index (χ4n) is 7.69. The fraction of sp³-hybridized carbons (Fsp3) is 0.792. The van der Waals surface area contributed by atoms with E-state index in [4.69, 9.17) is 22.9 Å². The topological polar surface area (TPSA) is 182 Å². The van der Waals surface area contributed by atoms with Crippen molar-refractivity contribution in [2.45, 2.75) is 187 Å². The molecule has 0 bridgehead atoms. The van der Waals surface area contributed by atoms with E-state index in [1.807, 2.05) is 21.1 Å². The van der Waals surface area contributed by atoms with Crippen molar-refractivity contribution >= 4 is 19.8 Å². The molecule has 1 fully saturated rings. The Bertz CT molecular complexity index is 1500. The van der Waals surface area contributed by atoms with Gasteiger partial charge in [-0.3, -0.25) is 18.6 Å². The van der Waals surface area contributed by atoms with E-state index >= 15 is 0 Å². The maximum atomic E-state index is 12.8. The third kappa shape index (κ3) is 24.1. The molecule has 62 heavy (non-hydrogen) atoms. The van der Waals surface area contributed by atoms with Gasteiger partial charge in [-0.05, 0) is 63.0 Å². The molecule has 1 aromatic heterocycles. The molecule has 1 aliphatic rings. The van der Waals surface area contributed by atoms with Gasteiger partial charge in [0, 0.05) is 31.6 Å². The highest BCUT2D eigenvalue weighted by Crippen LogP contribution is 2.43. The lowest BCUT2D eigenvalue weighted by Crippen LogP contribution is -2.37. The van der Waals surface area contributed by atoms with Crippen molar-refractivity contribution in [3.8, 4) is 0 Å². The Hall–Kier alpha value is -2.35. The summed E-state index contributed by atoms with van der Waals surface area (Å²) in [6.07, 6.45) is 21.8. The van der Waals surface area contributed by atoms with Crippen LogP contribution in [0.1, 0.15) is 158 Å². The van der Waals surface area contributed by atoms with E-state index in [-0.39, 0.29) is 44.3 Å². The first kappa shape index (κ1) is 55.8. The molecule has 1 unspecified atom stereocenters. The number of carbonyl (C=O) groups is 2. The average Bonchev–Trinajstić information content (AvgIpc) is 3.63. The quantitative estimate of drug-likeness (QED) is 0.0167. The molecule has 1 heterocycles. The minimum absolute atomic E-state index is 0.0255. The molecule has 1 saturated carbocycles. The van der Waals surface area contributed by atoms with Crippen LogP contribution in [0.2, 0.25) is 0 Å². The number of phosphoric acid groups is 1. The van der Waals surface area contributed by atoms with Crippen molar-refractivity contribution in [1.82, 2.24) is 0 Å². The van der Waals surface area contributed by atoms with Gasteiger partial charge >= 0.3 is 19.8 Å². The highest BCUT2D eigenvalue weighted by molar-refractivity contribution is 7.47. The number of nitrogens with zero attached hydrogens (tertiary/aromatic N) is 1. The summed E-state index contributed by atoms with van der Waals surface area (Å²) in [7, 11) is 1.28. The van der Waals surface area contributed by atoms with Crippen molar-refractivity contribution in [2.24, 2.45) is 11.8 Å². The summed E-state index contributed by atoms with van der Waals surface area (Å²) in [6.45, 7) is 8.22. The van der Waals surface area contributed by atoms with E-state index in [1.54, 1.807) is 24.3 Å². The molecule has 0 aliphatic heterocycles. The van der Waals surface area contributed by atoms with Gasteiger partial charge in [-0.15, -0.1) is 0 Å². The van der Waals surface area contributed by atoms with Crippen LogP contribution in [0.4, 0.5) is 0 Å². The number of esters is 2. The molecular formula is C48H85NO12P+. The summed E-state index contributed by atoms with van der Waals surface area (Å²) in [4.78, 5) is 35.8. The van der Waals surface area contributed by atoms with Gasteiger partial charge in [0.25, 0.3) is 0 Å². The number of hydrogen-bond donors (Lipinski definition) is 4. The minimum atomic E-state index is -4.47. The Kier molecular flexibility index (Phi) is 27.6. The molecule has 1 aliphatic carbocycles. The lowest BCUT2D eigenvalue weighted by Gasteiger charge is -2.24. The van der Waals surface area contributed by atoms with E-state index in [1.165, 1.54) is 30.4 Å². The predicted octanol–water partition coefficient (Wildman–Crippen LogP) is 9.17. The van der Waals surface area contributed by atoms with E-state index in [0.29, 0.717) is 30.3 Å². The van der Waals surface area contributed by atoms with E-state index in [9.17, 15) is 34.4 Å². The number of aryl methyl sites for hydroxylation is 2. The zero-order valence-corrected chi connectivity index (χ0v) is 40.3. The smallest absolute Gasteiger partial charge is 0.466 e. The van der Waals surface area contributed by atoms with Crippen LogP contribution < -0.4 is 0 Å². The number of hydrogen-bond acceptors (Lipinski definition) is 11. The van der Waals surface area contributed by atoms with Gasteiger partial charge in [0.15, 0.2) is 6.10 Å². The zero-order chi connectivity index (χ0) is 46.0. The SMILES string of the molecule is CCCCCc1oc(CCCCCCCCCCC(=O)O[C@H](COC(=O)C/C=C\C[C@H]2[C@@H](/C=C/[C@H](O)CCCCC)[C@H](O)C[C@@H]2O)COP(=O)(O)OCC[N+](C)(C)C)c(C)c1C. The largest absolute Gasteiger partial charge is 0.472 e. The third-order valence-electron chi connectivity index (χ3n) is 11.8. The fourth-order valence-corrected chi connectivity index (χ4v) is 8.44. The third-order valence-corrected chi connectivity index (χ3v) is 12.8. The molecule has 2 rings (SSSR count). The van der Waals surface area contributed by atoms with Gasteiger partial charge in [0.05, 0.1) is 52.5 Å². The van der Waals surface area contributed by atoms with Crippen molar-refractivity contribution in [2.75, 3.05) is 47.5 Å². The van der Waals surface area contributed by atoms with Gasteiger partial charge in [0.2, 0.25) is 0 Å². The first-order valence-electron chi connectivity index (χ1n) is 23.7. The number of quaternary nitrogens is 1. The van der Waals surface area contributed by atoms with Crippen LogP contribution in [0.5, 0.6) is 0 Å². The van der Waals surface area contributed by atoms with E-state index < -0.39 is 50.8 Å². The van der Waals surface area contributed by atoms with Gasteiger partial charge in [-0.1, -0.05) is 109 Å². The number of aliphatic hydroxyl groups is 3. The lowest BCUT2D eigenvalue weighted by atomic mass is 9.89. The first-order chi connectivity index (χ1) is 29.5. The molecule has 358 valence electrons. The molecule has 0 spiro atoms. The zero-order valence-electron chi connectivity index (χ0n) is 39.4. The second-order valence-corrected chi connectivity index (χ2v) is 19.8.